The van der Waals surface area contributed by atoms with E-state index in [0.717, 1.165) is 13.1 Å². The van der Waals surface area contributed by atoms with Crippen molar-refractivity contribution in [2.24, 2.45) is 4.99 Å². The maximum Gasteiger partial charge on any atom is 0.285 e. The molecule has 1 aromatic carbocycles. The van der Waals surface area contributed by atoms with Gasteiger partial charge < -0.3 is 10.1 Å². The van der Waals surface area contributed by atoms with Crippen molar-refractivity contribution in [1.82, 2.24) is 5.32 Å². The van der Waals surface area contributed by atoms with Crippen LogP contribution in [0.4, 0.5) is 0 Å². The van der Waals surface area contributed by atoms with Crippen LogP contribution in [0.1, 0.15) is 5.56 Å². The molecule has 2 rings (SSSR count). The van der Waals surface area contributed by atoms with Crippen molar-refractivity contribution in [3.63, 3.8) is 0 Å². The molecule has 0 saturated carbocycles. The van der Waals surface area contributed by atoms with Gasteiger partial charge in [0.25, 0.3) is 6.02 Å². The molecule has 0 saturated heterocycles. The average molecular weight is 176 g/mol. The van der Waals surface area contributed by atoms with Crippen LogP contribution in [0.2, 0.25) is 0 Å². The summed E-state index contributed by atoms with van der Waals surface area (Å²) in [5.41, 5.74) is 1.24. The molecule has 0 amide bonds. The quantitative estimate of drug-likeness (QED) is 0.733. The van der Waals surface area contributed by atoms with Gasteiger partial charge in [0.1, 0.15) is 6.61 Å². The third-order valence-corrected chi connectivity index (χ3v) is 1.87. The van der Waals surface area contributed by atoms with Crippen LogP contribution in [-0.4, -0.2) is 19.2 Å². The maximum atomic E-state index is 5.21. The summed E-state index contributed by atoms with van der Waals surface area (Å²) in [4.78, 5) is 4.13. The molecule has 3 nitrogen and oxygen atoms in total. The van der Waals surface area contributed by atoms with E-state index in [1.165, 1.54) is 5.56 Å². The van der Waals surface area contributed by atoms with Crippen LogP contribution in [0, 0.1) is 0 Å². The van der Waals surface area contributed by atoms with E-state index in [-0.39, 0.29) is 0 Å². The Morgan fingerprint density at radius 3 is 2.85 bits per heavy atom. The van der Waals surface area contributed by atoms with Crippen molar-refractivity contribution >= 4 is 6.02 Å². The number of rotatable bonds is 2. The van der Waals surface area contributed by atoms with Gasteiger partial charge in [0.15, 0.2) is 0 Å². The zero-order valence-corrected chi connectivity index (χ0v) is 7.36. The van der Waals surface area contributed by atoms with Crippen LogP contribution < -0.4 is 5.32 Å². The number of benzene rings is 1. The molecule has 1 heterocycles. The minimum absolute atomic E-state index is 0.670. The lowest BCUT2D eigenvalue weighted by atomic mass is 10.2. The average Bonchev–Trinajstić information content (AvgIpc) is 2.69. The Bertz CT molecular complexity index is 295. The van der Waals surface area contributed by atoms with Gasteiger partial charge in [0.05, 0.1) is 6.54 Å². The summed E-state index contributed by atoms with van der Waals surface area (Å²) in [5, 5.41) is 3.13. The smallest absolute Gasteiger partial charge is 0.285 e. The normalized spacial score (nSPS) is 14.9. The molecule has 0 bridgehead atoms. The van der Waals surface area contributed by atoms with Gasteiger partial charge in [-0.1, -0.05) is 30.3 Å². The summed E-state index contributed by atoms with van der Waals surface area (Å²) in [6.45, 7) is 2.26. The molecule has 0 atom stereocenters. The highest BCUT2D eigenvalue weighted by molar-refractivity contribution is 5.74. The molecule has 0 spiro atoms. The lowest BCUT2D eigenvalue weighted by Crippen LogP contribution is -2.22. The molecule has 3 heteroatoms. The molecule has 13 heavy (non-hydrogen) atoms. The van der Waals surface area contributed by atoms with Crippen molar-refractivity contribution in [3.05, 3.63) is 35.9 Å². The Hall–Kier alpha value is -1.51. The van der Waals surface area contributed by atoms with Crippen LogP contribution in [0.15, 0.2) is 35.3 Å². The van der Waals surface area contributed by atoms with Gasteiger partial charge in [-0.2, -0.15) is 0 Å². The van der Waals surface area contributed by atoms with Gasteiger partial charge in [-0.3, -0.25) is 0 Å². The number of amidine groups is 1. The highest BCUT2D eigenvalue weighted by Gasteiger charge is 2.05. The predicted octanol–water partition coefficient (Wildman–Crippen LogP) is 1.16. The second-order valence-electron chi connectivity index (χ2n) is 2.87. The van der Waals surface area contributed by atoms with Crippen molar-refractivity contribution in [3.8, 4) is 0 Å². The van der Waals surface area contributed by atoms with Crippen LogP contribution >= 0.6 is 0 Å². The van der Waals surface area contributed by atoms with Crippen LogP contribution in [0.25, 0.3) is 0 Å². The molecule has 0 aliphatic carbocycles. The second-order valence-corrected chi connectivity index (χ2v) is 2.87. The fourth-order valence-corrected chi connectivity index (χ4v) is 1.22. The van der Waals surface area contributed by atoms with Crippen molar-refractivity contribution in [2.45, 2.75) is 6.54 Å². The molecule has 0 unspecified atom stereocenters. The summed E-state index contributed by atoms with van der Waals surface area (Å²) in [7, 11) is 0. The first-order chi connectivity index (χ1) is 6.45. The van der Waals surface area contributed by atoms with Gasteiger partial charge in [0, 0.05) is 6.54 Å². The zero-order valence-electron chi connectivity index (χ0n) is 7.36. The second kappa shape index (κ2) is 3.94. The molecule has 0 aromatic heterocycles. The highest BCUT2D eigenvalue weighted by Crippen LogP contribution is 1.98. The fraction of sp³-hybridized carbons (Fsp3) is 0.300. The summed E-state index contributed by atoms with van der Waals surface area (Å²) >= 11 is 0. The molecule has 1 aliphatic heterocycles. The molecule has 1 aromatic rings. The van der Waals surface area contributed by atoms with E-state index in [1.54, 1.807) is 0 Å². The Kier molecular flexibility index (Phi) is 2.45. The maximum absolute atomic E-state index is 5.21. The minimum Gasteiger partial charge on any atom is -0.463 e. The van der Waals surface area contributed by atoms with Crippen molar-refractivity contribution < 1.29 is 4.74 Å². The number of ether oxygens (including phenoxy) is 1. The third-order valence-electron chi connectivity index (χ3n) is 1.87. The first-order valence-corrected chi connectivity index (χ1v) is 4.40. The van der Waals surface area contributed by atoms with Crippen LogP contribution in [0.5, 0.6) is 0 Å². The third kappa shape index (κ3) is 2.21. The zero-order chi connectivity index (χ0) is 8.93. The topological polar surface area (TPSA) is 33.6 Å². The molecule has 68 valence electrons. The standard InChI is InChI=1S/C10H12N2O/c1-2-4-9(5-3-1)8-12-10-11-6-7-13-10/h1-5H,6-8H2,(H,11,12). The SMILES string of the molecule is c1ccc(CNC2=NCCO2)cc1. The van der Waals surface area contributed by atoms with E-state index in [9.17, 15) is 0 Å². The van der Waals surface area contributed by atoms with E-state index in [2.05, 4.69) is 22.4 Å². The number of aliphatic imine (C=N–C) groups is 1. The molecular formula is C10H12N2O. The summed E-state index contributed by atoms with van der Waals surface area (Å²) in [5.74, 6) is 0. The van der Waals surface area contributed by atoms with E-state index in [1.807, 2.05) is 18.2 Å². The monoisotopic (exact) mass is 176 g/mol. The molecular weight excluding hydrogens is 164 g/mol. The summed E-state index contributed by atoms with van der Waals surface area (Å²) in [6, 6.07) is 10.9. The number of hydrogen-bond donors (Lipinski definition) is 1. The largest absolute Gasteiger partial charge is 0.463 e. The minimum atomic E-state index is 0.670. The Labute approximate surface area is 77.4 Å². The first kappa shape index (κ1) is 8.10. The molecule has 1 aliphatic rings. The Balaban J connectivity index is 1.86. The van der Waals surface area contributed by atoms with E-state index in [0.29, 0.717) is 12.6 Å². The predicted molar refractivity (Wildman–Crippen MR) is 51.5 cm³/mol. The molecule has 0 fully saturated rings. The summed E-state index contributed by atoms with van der Waals surface area (Å²) in [6.07, 6.45) is 0. The highest BCUT2D eigenvalue weighted by atomic mass is 16.5. The van der Waals surface area contributed by atoms with Crippen LogP contribution in [0.3, 0.4) is 0 Å². The first-order valence-electron chi connectivity index (χ1n) is 4.40. The van der Waals surface area contributed by atoms with Crippen LogP contribution in [-0.2, 0) is 11.3 Å². The van der Waals surface area contributed by atoms with E-state index in [4.69, 9.17) is 4.74 Å². The Morgan fingerprint density at radius 1 is 1.31 bits per heavy atom. The number of nitrogens with zero attached hydrogens (tertiary/aromatic N) is 1. The molecule has 0 radical (unpaired) electrons. The van der Waals surface area contributed by atoms with Gasteiger partial charge in [-0.15, -0.1) is 0 Å². The summed E-state index contributed by atoms with van der Waals surface area (Å²) < 4.78 is 5.21. The van der Waals surface area contributed by atoms with Crippen molar-refractivity contribution in [1.29, 1.82) is 0 Å². The fourth-order valence-electron chi connectivity index (χ4n) is 1.22. The molecule has 1 N–H and O–H groups in total. The van der Waals surface area contributed by atoms with Gasteiger partial charge in [-0.25, -0.2) is 4.99 Å². The van der Waals surface area contributed by atoms with Gasteiger partial charge in [0.2, 0.25) is 0 Å². The lowest BCUT2D eigenvalue weighted by molar-refractivity contribution is 0.331. The number of hydrogen-bond acceptors (Lipinski definition) is 3. The lowest BCUT2D eigenvalue weighted by Gasteiger charge is -2.04. The van der Waals surface area contributed by atoms with Gasteiger partial charge in [-0.05, 0) is 5.56 Å². The van der Waals surface area contributed by atoms with Gasteiger partial charge >= 0.3 is 0 Å². The van der Waals surface area contributed by atoms with E-state index < -0.39 is 0 Å². The van der Waals surface area contributed by atoms with E-state index >= 15 is 0 Å². The number of nitrogens with one attached hydrogen (secondary N) is 1. The van der Waals surface area contributed by atoms with Crippen molar-refractivity contribution in [2.75, 3.05) is 13.2 Å². The Morgan fingerprint density at radius 2 is 2.15 bits per heavy atom.